The molecule has 0 saturated carbocycles. The summed E-state index contributed by atoms with van der Waals surface area (Å²) in [6, 6.07) is 0. The zero-order valence-electron chi connectivity index (χ0n) is 11.7. The quantitative estimate of drug-likeness (QED) is 0.452. The summed E-state index contributed by atoms with van der Waals surface area (Å²) < 4.78 is 0. The molecule has 0 aromatic heterocycles. The molecule has 2 unspecified atom stereocenters. The topological polar surface area (TPSA) is 0 Å². The fraction of sp³-hybridized carbons (Fsp3) is 1.00. The number of hydrogen-bond donors (Lipinski definition) is 0. The molecule has 0 fully saturated rings. The Morgan fingerprint density at radius 3 is 2.07 bits per heavy atom. The Hall–Kier alpha value is 0. The van der Waals surface area contributed by atoms with Crippen molar-refractivity contribution in [2.45, 2.75) is 86.0 Å². The van der Waals surface area contributed by atoms with Gasteiger partial charge in [-0.1, -0.05) is 73.1 Å². The molecule has 0 bridgehead atoms. The first-order valence-electron chi connectivity index (χ1n) is 7.08. The molecule has 0 nitrogen and oxygen atoms in total. The zero-order valence-corrected chi connectivity index (χ0v) is 11.7. The van der Waals surface area contributed by atoms with Gasteiger partial charge in [0.15, 0.2) is 0 Å². The zero-order chi connectivity index (χ0) is 11.7. The van der Waals surface area contributed by atoms with Gasteiger partial charge in [0, 0.05) is 0 Å². The lowest BCUT2D eigenvalue weighted by molar-refractivity contribution is 0.238. The van der Waals surface area contributed by atoms with E-state index in [1.54, 1.807) is 0 Å². The highest BCUT2D eigenvalue weighted by atomic mass is 14.3. The highest BCUT2D eigenvalue weighted by Gasteiger charge is 2.20. The van der Waals surface area contributed by atoms with Gasteiger partial charge in [0.25, 0.3) is 0 Å². The van der Waals surface area contributed by atoms with Crippen LogP contribution in [0.15, 0.2) is 0 Å². The lowest BCUT2D eigenvalue weighted by Gasteiger charge is -2.28. The van der Waals surface area contributed by atoms with Gasteiger partial charge in [0.1, 0.15) is 0 Å². The van der Waals surface area contributed by atoms with Crippen molar-refractivity contribution >= 4 is 0 Å². The minimum atomic E-state index is 0.628. The van der Waals surface area contributed by atoms with Crippen LogP contribution in [0.3, 0.4) is 0 Å². The van der Waals surface area contributed by atoms with Crippen LogP contribution in [0.25, 0.3) is 0 Å². The van der Waals surface area contributed by atoms with Gasteiger partial charge in [-0.15, -0.1) is 0 Å². The van der Waals surface area contributed by atoms with E-state index in [2.05, 4.69) is 34.6 Å². The predicted octanol–water partition coefficient (Wildman–Crippen LogP) is 5.81. The molecule has 92 valence electrons. The van der Waals surface area contributed by atoms with Gasteiger partial charge in [0.05, 0.1) is 0 Å². The molecule has 0 aromatic carbocycles. The second kappa shape index (κ2) is 8.19. The van der Waals surface area contributed by atoms with Gasteiger partial charge in [0.2, 0.25) is 0 Å². The lowest BCUT2D eigenvalue weighted by Crippen LogP contribution is -2.15. The first kappa shape index (κ1) is 15.0. The summed E-state index contributed by atoms with van der Waals surface area (Å²) in [5.41, 5.74) is 0.628. The summed E-state index contributed by atoms with van der Waals surface area (Å²) in [7, 11) is 0. The average Bonchev–Trinajstić information content (AvgIpc) is 2.26. The fourth-order valence-corrected chi connectivity index (χ4v) is 2.16. The summed E-state index contributed by atoms with van der Waals surface area (Å²) in [5.74, 6) is 0.928. The van der Waals surface area contributed by atoms with E-state index >= 15 is 0 Å². The third-order valence-electron chi connectivity index (χ3n) is 4.16. The summed E-state index contributed by atoms with van der Waals surface area (Å²) in [4.78, 5) is 0. The van der Waals surface area contributed by atoms with Gasteiger partial charge >= 0.3 is 0 Å². The van der Waals surface area contributed by atoms with E-state index in [1.165, 1.54) is 51.4 Å². The van der Waals surface area contributed by atoms with Crippen LogP contribution in [-0.2, 0) is 0 Å². The summed E-state index contributed by atoms with van der Waals surface area (Å²) in [5, 5.41) is 0. The number of rotatable bonds is 9. The van der Waals surface area contributed by atoms with Crippen molar-refractivity contribution < 1.29 is 0 Å². The van der Waals surface area contributed by atoms with Crippen molar-refractivity contribution in [1.29, 1.82) is 0 Å². The highest BCUT2D eigenvalue weighted by Crippen LogP contribution is 2.34. The second-order valence-electron chi connectivity index (χ2n) is 5.67. The summed E-state index contributed by atoms with van der Waals surface area (Å²) in [6.07, 6.45) is 11.2. The molecule has 0 aromatic rings. The Labute approximate surface area is 97.8 Å². The molecule has 15 heavy (non-hydrogen) atoms. The van der Waals surface area contributed by atoms with Crippen LogP contribution >= 0.6 is 0 Å². The molecule has 0 radical (unpaired) electrons. The minimum absolute atomic E-state index is 0.628. The Morgan fingerprint density at radius 2 is 1.60 bits per heavy atom. The molecule has 0 spiro atoms. The van der Waals surface area contributed by atoms with Gasteiger partial charge in [-0.2, -0.15) is 0 Å². The molecule has 0 rings (SSSR count). The first-order chi connectivity index (χ1) is 7.08. The van der Waals surface area contributed by atoms with Gasteiger partial charge in [-0.05, 0) is 24.2 Å². The van der Waals surface area contributed by atoms with Crippen LogP contribution in [0.4, 0.5) is 0 Å². The molecule has 0 heterocycles. The highest BCUT2D eigenvalue weighted by molar-refractivity contribution is 4.72. The second-order valence-corrected chi connectivity index (χ2v) is 5.67. The van der Waals surface area contributed by atoms with Crippen LogP contribution in [0.5, 0.6) is 0 Å². The van der Waals surface area contributed by atoms with Crippen LogP contribution in [-0.4, -0.2) is 0 Å². The van der Waals surface area contributed by atoms with E-state index < -0.39 is 0 Å². The van der Waals surface area contributed by atoms with E-state index in [9.17, 15) is 0 Å². The molecule has 0 N–H and O–H groups in total. The van der Waals surface area contributed by atoms with E-state index in [0.29, 0.717) is 5.41 Å². The SMILES string of the molecule is CCCCC(C)(CC)CCCC(C)CC. The lowest BCUT2D eigenvalue weighted by atomic mass is 9.77. The minimum Gasteiger partial charge on any atom is -0.0654 e. The molecular formula is C15H32. The summed E-state index contributed by atoms with van der Waals surface area (Å²) in [6.45, 7) is 11.8. The third-order valence-corrected chi connectivity index (χ3v) is 4.16. The summed E-state index contributed by atoms with van der Waals surface area (Å²) >= 11 is 0. The van der Waals surface area contributed by atoms with Crippen molar-refractivity contribution in [3.05, 3.63) is 0 Å². The maximum absolute atomic E-state index is 2.49. The molecule has 2 atom stereocenters. The van der Waals surface area contributed by atoms with Gasteiger partial charge in [-0.3, -0.25) is 0 Å². The fourth-order valence-electron chi connectivity index (χ4n) is 2.16. The van der Waals surface area contributed by atoms with E-state index in [-0.39, 0.29) is 0 Å². The van der Waals surface area contributed by atoms with Crippen LogP contribution in [0.2, 0.25) is 0 Å². The molecule has 0 saturated heterocycles. The average molecular weight is 212 g/mol. The molecule has 0 aliphatic carbocycles. The van der Waals surface area contributed by atoms with E-state index in [4.69, 9.17) is 0 Å². The van der Waals surface area contributed by atoms with Crippen LogP contribution in [0, 0.1) is 11.3 Å². The monoisotopic (exact) mass is 212 g/mol. The largest absolute Gasteiger partial charge is 0.0654 e. The van der Waals surface area contributed by atoms with E-state index in [0.717, 1.165) is 5.92 Å². The van der Waals surface area contributed by atoms with Gasteiger partial charge in [-0.25, -0.2) is 0 Å². The molecule has 0 amide bonds. The Morgan fingerprint density at radius 1 is 1.00 bits per heavy atom. The molecular weight excluding hydrogens is 180 g/mol. The van der Waals surface area contributed by atoms with E-state index in [1.807, 2.05) is 0 Å². The molecule has 0 aliphatic heterocycles. The first-order valence-corrected chi connectivity index (χ1v) is 7.08. The van der Waals surface area contributed by atoms with Crippen molar-refractivity contribution in [3.8, 4) is 0 Å². The Balaban J connectivity index is 3.76. The van der Waals surface area contributed by atoms with Crippen molar-refractivity contribution in [2.75, 3.05) is 0 Å². The normalized spacial score (nSPS) is 17.4. The van der Waals surface area contributed by atoms with Crippen LogP contribution < -0.4 is 0 Å². The predicted molar refractivity (Wildman–Crippen MR) is 71.2 cm³/mol. The van der Waals surface area contributed by atoms with Crippen molar-refractivity contribution in [3.63, 3.8) is 0 Å². The van der Waals surface area contributed by atoms with Crippen molar-refractivity contribution in [2.24, 2.45) is 11.3 Å². The number of unbranched alkanes of at least 4 members (excludes halogenated alkanes) is 1. The van der Waals surface area contributed by atoms with Crippen LogP contribution in [0.1, 0.15) is 86.0 Å². The Kier molecular flexibility index (Phi) is 8.19. The maximum Gasteiger partial charge on any atom is -0.0328 e. The smallest absolute Gasteiger partial charge is 0.0328 e. The molecule has 0 heteroatoms. The molecule has 0 aliphatic rings. The Bertz CT molecular complexity index is 139. The third kappa shape index (κ3) is 6.98. The number of hydrogen-bond acceptors (Lipinski definition) is 0. The van der Waals surface area contributed by atoms with Gasteiger partial charge < -0.3 is 0 Å². The van der Waals surface area contributed by atoms with Crippen molar-refractivity contribution in [1.82, 2.24) is 0 Å². The maximum atomic E-state index is 2.49. The standard InChI is InChI=1S/C15H32/c1-6-9-12-15(5,8-3)13-10-11-14(4)7-2/h14H,6-13H2,1-5H3.